The molecular weight excluding hydrogens is 631 g/mol. The topological polar surface area (TPSA) is 130 Å². The van der Waals surface area contributed by atoms with Gasteiger partial charge in [-0.15, -0.1) is 6.54 Å². The molecule has 0 aliphatic rings. The number of amides is 3. The number of carbonyl (C=O) groups excluding carboxylic acids is 4. The van der Waals surface area contributed by atoms with E-state index in [9.17, 15) is 19.2 Å². The first-order valence-electron chi connectivity index (χ1n) is 12.4. The maximum absolute atomic E-state index is 12.0. The Bertz CT molecular complexity index is 879. The third-order valence-electron chi connectivity index (χ3n) is 5.57. The third kappa shape index (κ3) is 21.2. The molecule has 200 valence electrons. The zero-order chi connectivity index (χ0) is 26.8. The maximum Gasteiger partial charge on any atom is 1.00 e. The van der Waals surface area contributed by atoms with Gasteiger partial charge >= 0.3 is 116 Å². The van der Waals surface area contributed by atoms with E-state index in [0.29, 0.717) is 32.5 Å². The minimum atomic E-state index is -0.361. The number of Topliss-reactive ketones (excluding diaryl/α,β-unsaturated/α-hetero) is 1. The van der Waals surface area contributed by atoms with Crippen molar-refractivity contribution in [3.8, 4) is 0 Å². The smallest absolute Gasteiger partial charge is 0.648 e. The van der Waals surface area contributed by atoms with Crippen molar-refractivity contribution in [3.05, 3.63) is 57.8 Å². The molecular formula is C27H40N4O5Rb2. The number of nitrogens with one attached hydrogen (secondary N) is 2. The fourth-order valence-corrected chi connectivity index (χ4v) is 3.09. The molecule has 9 nitrogen and oxygen atoms in total. The molecule has 3 amide bonds. The van der Waals surface area contributed by atoms with Crippen molar-refractivity contribution in [2.75, 3.05) is 33.4 Å². The van der Waals surface area contributed by atoms with Crippen molar-refractivity contribution in [2.45, 2.75) is 59.4 Å². The van der Waals surface area contributed by atoms with E-state index < -0.39 is 0 Å². The molecule has 38 heavy (non-hydrogen) atoms. The van der Waals surface area contributed by atoms with Crippen molar-refractivity contribution < 1.29 is 140 Å². The standard InChI is InChI=1S/C27H42N4O5.2Rb/c1-20(22(3)32)8-5-6-13-29-27(35)30-14-7-15-36-19-26(34)31-18-24-11-9-23(10-12-24)17-25(33)16-21(2)28-4;;/h9-12,16,20H,5-8,13-15,17-19H2,1-4H3,(H4,28,29,30,31,33,34,35);;/q;2*+1/p-2. The number of nitrogens with zero attached hydrogens (tertiary/aromatic N) is 2. The van der Waals surface area contributed by atoms with Crippen molar-refractivity contribution in [1.29, 1.82) is 0 Å². The van der Waals surface area contributed by atoms with Crippen LogP contribution in [0.5, 0.6) is 0 Å². The fourth-order valence-electron chi connectivity index (χ4n) is 3.09. The fraction of sp³-hybridized carbons (Fsp3) is 0.556. The third-order valence-corrected chi connectivity index (χ3v) is 5.57. The van der Waals surface area contributed by atoms with E-state index in [2.05, 4.69) is 21.3 Å². The van der Waals surface area contributed by atoms with Gasteiger partial charge in [0.1, 0.15) is 5.78 Å². The summed E-state index contributed by atoms with van der Waals surface area (Å²) >= 11 is 0. The summed E-state index contributed by atoms with van der Waals surface area (Å²) in [7, 11) is 1.77. The summed E-state index contributed by atoms with van der Waals surface area (Å²) in [6.07, 6.45) is 4.95. The van der Waals surface area contributed by atoms with E-state index in [4.69, 9.17) is 4.74 Å². The number of allylic oxidation sites excluding steroid dienone is 2. The number of urea groups is 1. The number of ether oxygens (including phenoxy) is 1. The second-order valence-electron chi connectivity index (χ2n) is 8.77. The molecule has 0 aliphatic heterocycles. The Labute approximate surface area is 325 Å². The molecule has 1 aromatic rings. The molecule has 0 saturated carbocycles. The Kier molecular flexibility index (Phi) is 26.8. The summed E-state index contributed by atoms with van der Waals surface area (Å²) in [5.74, 6) is -0.0747. The van der Waals surface area contributed by atoms with Gasteiger partial charge in [-0.2, -0.15) is 0 Å². The van der Waals surface area contributed by atoms with Crippen LogP contribution in [0.3, 0.4) is 0 Å². The first-order valence-corrected chi connectivity index (χ1v) is 12.4. The Morgan fingerprint density at radius 1 is 0.974 bits per heavy atom. The van der Waals surface area contributed by atoms with Crippen molar-refractivity contribution in [3.63, 3.8) is 0 Å². The van der Waals surface area contributed by atoms with E-state index in [1.165, 1.54) is 0 Å². The van der Waals surface area contributed by atoms with Crippen LogP contribution in [-0.4, -0.2) is 56.9 Å². The van der Waals surface area contributed by atoms with Crippen LogP contribution in [0.4, 0.5) is 4.79 Å². The number of hydrogen-bond acceptors (Lipinski definition) is 6. The normalized spacial score (nSPS) is 11.3. The number of ketones is 2. The molecule has 1 aromatic carbocycles. The predicted octanol–water partition coefficient (Wildman–Crippen LogP) is -1.78. The van der Waals surface area contributed by atoms with Crippen molar-refractivity contribution >= 4 is 23.5 Å². The molecule has 0 fully saturated rings. The van der Waals surface area contributed by atoms with Gasteiger partial charge in [-0.1, -0.05) is 56.1 Å². The van der Waals surface area contributed by atoms with Crippen LogP contribution in [-0.2, 0) is 32.1 Å². The monoisotopic (exact) mass is 670 g/mol. The Hall–Kier alpha value is 0.410. The minimum Gasteiger partial charge on any atom is -0.648 e. The number of carbonyl (C=O) groups is 4. The maximum atomic E-state index is 12.0. The molecule has 0 spiro atoms. The number of rotatable bonds is 18. The minimum absolute atomic E-state index is 0. The van der Waals surface area contributed by atoms with E-state index >= 15 is 0 Å². The molecule has 0 heterocycles. The largest absolute Gasteiger partial charge is 1.00 e. The SMILES string of the molecule is CN/C(C)=C\C(=O)Cc1ccc(C[N-]C(=O)COCCC[N-]C(=O)NCCCCC(C)C(C)=O)cc1.[Rb+].[Rb+]. The van der Waals surface area contributed by atoms with Gasteiger partial charge < -0.3 is 30.8 Å². The van der Waals surface area contributed by atoms with Gasteiger partial charge in [-0.05, 0) is 38.8 Å². The van der Waals surface area contributed by atoms with Crippen molar-refractivity contribution in [2.24, 2.45) is 5.92 Å². The Morgan fingerprint density at radius 2 is 1.63 bits per heavy atom. The van der Waals surface area contributed by atoms with Crippen LogP contribution in [0.1, 0.15) is 57.6 Å². The van der Waals surface area contributed by atoms with E-state index in [-0.39, 0.29) is 159 Å². The summed E-state index contributed by atoms with van der Waals surface area (Å²) < 4.78 is 5.31. The van der Waals surface area contributed by atoms with Gasteiger partial charge in [0, 0.05) is 37.8 Å². The van der Waals surface area contributed by atoms with Crippen LogP contribution in [0.2, 0.25) is 0 Å². The second-order valence-corrected chi connectivity index (χ2v) is 8.77. The van der Waals surface area contributed by atoms with Gasteiger partial charge in [0.25, 0.3) is 0 Å². The van der Waals surface area contributed by atoms with Gasteiger partial charge in [0.2, 0.25) is 0 Å². The zero-order valence-corrected chi connectivity index (χ0v) is 33.8. The molecule has 2 N–H and O–H groups in total. The van der Waals surface area contributed by atoms with Gasteiger partial charge in [-0.25, -0.2) is 0 Å². The van der Waals surface area contributed by atoms with Crippen LogP contribution in [0.25, 0.3) is 10.6 Å². The zero-order valence-electron chi connectivity index (χ0n) is 24.0. The number of hydrogen-bond donors (Lipinski definition) is 2. The van der Waals surface area contributed by atoms with Crippen LogP contribution >= 0.6 is 0 Å². The molecule has 0 radical (unpaired) electrons. The summed E-state index contributed by atoms with van der Waals surface area (Å²) in [6.45, 7) is 6.64. The summed E-state index contributed by atoms with van der Waals surface area (Å²) in [6, 6.07) is 7.07. The van der Waals surface area contributed by atoms with Gasteiger partial charge in [0.15, 0.2) is 11.8 Å². The molecule has 0 bridgehead atoms. The first kappa shape index (κ1) is 40.5. The van der Waals surface area contributed by atoms with Crippen LogP contribution in [0, 0.1) is 5.92 Å². The molecule has 0 saturated heterocycles. The first-order chi connectivity index (χ1) is 17.2. The quantitative estimate of drug-likeness (QED) is 0.140. The molecule has 1 rings (SSSR count). The molecule has 1 atom stereocenters. The van der Waals surface area contributed by atoms with Gasteiger partial charge in [0.05, 0.1) is 12.5 Å². The van der Waals surface area contributed by atoms with E-state index in [1.54, 1.807) is 20.0 Å². The van der Waals surface area contributed by atoms with Crippen LogP contribution < -0.4 is 127 Å². The summed E-state index contributed by atoms with van der Waals surface area (Å²) in [5, 5.41) is 13.5. The number of unbranched alkanes of at least 4 members (excludes halogenated alkanes) is 1. The Balaban J connectivity index is 0. The van der Waals surface area contributed by atoms with E-state index in [1.807, 2.05) is 38.1 Å². The summed E-state index contributed by atoms with van der Waals surface area (Å²) in [5.41, 5.74) is 2.59. The average molecular weight is 672 g/mol. The molecule has 0 aliphatic carbocycles. The molecule has 1 unspecified atom stereocenters. The second kappa shape index (κ2) is 25.1. The Morgan fingerprint density at radius 3 is 2.26 bits per heavy atom. The average Bonchev–Trinajstić information content (AvgIpc) is 2.85. The van der Waals surface area contributed by atoms with Crippen molar-refractivity contribution in [1.82, 2.24) is 10.6 Å². The van der Waals surface area contributed by atoms with E-state index in [0.717, 1.165) is 36.1 Å². The molecule has 0 aromatic heterocycles. The van der Waals surface area contributed by atoms with Gasteiger partial charge in [-0.3, -0.25) is 14.4 Å². The predicted molar refractivity (Wildman–Crippen MR) is 141 cm³/mol. The van der Waals surface area contributed by atoms with Crippen LogP contribution in [0.15, 0.2) is 36.0 Å². The number of benzene rings is 1. The molecule has 11 heteroatoms. The summed E-state index contributed by atoms with van der Waals surface area (Å²) in [4.78, 5) is 46.7.